The van der Waals surface area contributed by atoms with E-state index in [1.54, 1.807) is 33.9 Å². The molecule has 0 radical (unpaired) electrons. The van der Waals surface area contributed by atoms with Gasteiger partial charge in [-0.05, 0) is 23.3 Å². The number of fused-ring (bicyclic) bond motifs is 1. The molecule has 11 heteroatoms. The lowest BCUT2D eigenvalue weighted by Crippen LogP contribution is -2.14. The Morgan fingerprint density at radius 3 is 2.71 bits per heavy atom. The van der Waals surface area contributed by atoms with Crippen LogP contribution in [-0.4, -0.2) is 42.4 Å². The zero-order valence-corrected chi connectivity index (χ0v) is 18.9. The summed E-state index contributed by atoms with van der Waals surface area (Å²) in [5.74, 6) is 0.125. The minimum absolute atomic E-state index is 0.192. The second-order valence-corrected chi connectivity index (χ2v) is 7.81. The van der Waals surface area contributed by atoms with Crippen LogP contribution in [0.5, 0.6) is 5.88 Å². The molecule has 0 saturated carbocycles. The van der Waals surface area contributed by atoms with Crippen molar-refractivity contribution >= 4 is 22.9 Å². The lowest BCUT2D eigenvalue weighted by molar-refractivity contribution is 0.102. The van der Waals surface area contributed by atoms with Crippen molar-refractivity contribution in [3.8, 4) is 17.1 Å². The fourth-order valence-corrected chi connectivity index (χ4v) is 3.91. The molecule has 5 N–H and O–H groups in total. The number of nitrogen functional groups attached to an aromatic ring is 1. The molecule has 176 valence electrons. The standard InChI is InChI=1S/C24H23N9O2/c1-35-24-19(23(34)31-18-11-29-32(13-18)12-15-5-3-2-4-6-15)7-17(10-27-24)20-8-16(9-25)21-22(26)28-14-30-33(20)21/h2-8,10-11,13-14H,9,12,25H2,1H3,(H,31,34)(H2,26,28,30). The summed E-state index contributed by atoms with van der Waals surface area (Å²) in [6.45, 7) is 0.845. The Hall–Kier alpha value is -4.77. The molecule has 0 fully saturated rings. The lowest BCUT2D eigenvalue weighted by Gasteiger charge is -2.10. The number of pyridine rings is 1. The molecule has 0 spiro atoms. The number of anilines is 2. The van der Waals surface area contributed by atoms with Crippen LogP contribution in [0.25, 0.3) is 16.8 Å². The normalized spacial score (nSPS) is 11.0. The number of methoxy groups -OCH3 is 1. The Kier molecular flexibility index (Phi) is 5.81. The average molecular weight is 470 g/mol. The van der Waals surface area contributed by atoms with Gasteiger partial charge in [0.25, 0.3) is 5.91 Å². The number of ether oxygens (including phenoxy) is 1. The molecule has 1 aromatic carbocycles. The third-order valence-corrected chi connectivity index (χ3v) is 5.54. The van der Waals surface area contributed by atoms with Crippen LogP contribution in [0.2, 0.25) is 0 Å². The van der Waals surface area contributed by atoms with Crippen molar-refractivity contribution in [1.82, 2.24) is 29.4 Å². The highest BCUT2D eigenvalue weighted by Crippen LogP contribution is 2.30. The minimum atomic E-state index is -0.385. The second-order valence-electron chi connectivity index (χ2n) is 7.81. The van der Waals surface area contributed by atoms with Gasteiger partial charge in [0, 0.05) is 24.5 Å². The van der Waals surface area contributed by atoms with Gasteiger partial charge in [-0.1, -0.05) is 30.3 Å². The number of amides is 1. The highest BCUT2D eigenvalue weighted by atomic mass is 16.5. The summed E-state index contributed by atoms with van der Waals surface area (Å²) < 4.78 is 8.74. The number of nitrogens with zero attached hydrogens (tertiary/aromatic N) is 6. The van der Waals surface area contributed by atoms with Crippen LogP contribution in [0.3, 0.4) is 0 Å². The molecule has 0 aliphatic heterocycles. The van der Waals surface area contributed by atoms with Crippen molar-refractivity contribution in [3.63, 3.8) is 0 Å². The molecule has 0 saturated heterocycles. The van der Waals surface area contributed by atoms with Gasteiger partial charge >= 0.3 is 0 Å². The summed E-state index contributed by atoms with van der Waals surface area (Å²) >= 11 is 0. The van der Waals surface area contributed by atoms with Gasteiger partial charge in [-0.15, -0.1) is 0 Å². The van der Waals surface area contributed by atoms with Gasteiger partial charge in [-0.25, -0.2) is 14.5 Å². The predicted molar refractivity (Wildman–Crippen MR) is 131 cm³/mol. The zero-order chi connectivity index (χ0) is 24.4. The Bertz CT molecular complexity index is 1510. The highest BCUT2D eigenvalue weighted by Gasteiger charge is 2.20. The number of carbonyl (C=O) groups is 1. The molecule has 0 aliphatic rings. The molecule has 35 heavy (non-hydrogen) atoms. The van der Waals surface area contributed by atoms with Crippen molar-refractivity contribution in [2.75, 3.05) is 18.2 Å². The van der Waals surface area contributed by atoms with Crippen LogP contribution < -0.4 is 21.5 Å². The van der Waals surface area contributed by atoms with E-state index in [2.05, 4.69) is 25.5 Å². The lowest BCUT2D eigenvalue weighted by atomic mass is 10.1. The number of hydrogen-bond acceptors (Lipinski definition) is 8. The molecular weight excluding hydrogens is 446 g/mol. The summed E-state index contributed by atoms with van der Waals surface area (Å²) in [5, 5.41) is 11.5. The number of hydrogen-bond donors (Lipinski definition) is 3. The monoisotopic (exact) mass is 469 g/mol. The molecule has 5 rings (SSSR count). The first-order valence-electron chi connectivity index (χ1n) is 10.8. The summed E-state index contributed by atoms with van der Waals surface area (Å²) in [4.78, 5) is 21.6. The molecule has 0 aliphatic carbocycles. The van der Waals surface area contributed by atoms with Gasteiger partial charge in [-0.3, -0.25) is 9.48 Å². The van der Waals surface area contributed by atoms with E-state index in [0.29, 0.717) is 34.8 Å². The van der Waals surface area contributed by atoms with Gasteiger partial charge in [0.1, 0.15) is 17.4 Å². The summed E-state index contributed by atoms with van der Waals surface area (Å²) in [5.41, 5.74) is 16.6. The number of aromatic nitrogens is 6. The maximum Gasteiger partial charge on any atom is 0.261 e. The number of rotatable bonds is 7. The van der Waals surface area contributed by atoms with E-state index in [4.69, 9.17) is 16.2 Å². The number of benzene rings is 1. The topological polar surface area (TPSA) is 151 Å². The first-order chi connectivity index (χ1) is 17.1. The second kappa shape index (κ2) is 9.23. The quantitative estimate of drug-likeness (QED) is 0.328. The maximum absolute atomic E-state index is 13.2. The first kappa shape index (κ1) is 22.0. The van der Waals surface area contributed by atoms with Crippen molar-refractivity contribution in [1.29, 1.82) is 0 Å². The van der Waals surface area contributed by atoms with E-state index in [9.17, 15) is 4.79 Å². The maximum atomic E-state index is 13.2. The van der Waals surface area contributed by atoms with Crippen LogP contribution in [-0.2, 0) is 13.1 Å². The van der Waals surface area contributed by atoms with Crippen molar-refractivity contribution in [3.05, 3.63) is 84.1 Å². The fraction of sp³-hybridized carbons (Fsp3) is 0.125. The van der Waals surface area contributed by atoms with Crippen LogP contribution >= 0.6 is 0 Å². The van der Waals surface area contributed by atoms with E-state index in [1.807, 2.05) is 36.4 Å². The summed E-state index contributed by atoms with van der Waals surface area (Å²) in [7, 11) is 1.46. The fourth-order valence-electron chi connectivity index (χ4n) is 3.91. The van der Waals surface area contributed by atoms with E-state index < -0.39 is 0 Å². The molecule has 0 unspecified atom stereocenters. The Morgan fingerprint density at radius 2 is 1.94 bits per heavy atom. The van der Waals surface area contributed by atoms with E-state index in [-0.39, 0.29) is 23.9 Å². The Labute approximate surface area is 200 Å². The van der Waals surface area contributed by atoms with Crippen LogP contribution in [0.1, 0.15) is 21.5 Å². The molecule has 4 heterocycles. The van der Waals surface area contributed by atoms with Gasteiger partial charge in [0.15, 0.2) is 5.82 Å². The highest BCUT2D eigenvalue weighted by molar-refractivity contribution is 6.06. The van der Waals surface area contributed by atoms with Gasteiger partial charge in [0.2, 0.25) is 5.88 Å². The van der Waals surface area contributed by atoms with Gasteiger partial charge in [0.05, 0.1) is 31.2 Å². The zero-order valence-electron chi connectivity index (χ0n) is 18.9. The van der Waals surface area contributed by atoms with E-state index in [1.165, 1.54) is 13.4 Å². The van der Waals surface area contributed by atoms with Crippen molar-refractivity contribution in [2.45, 2.75) is 13.1 Å². The smallest absolute Gasteiger partial charge is 0.261 e. The van der Waals surface area contributed by atoms with Crippen molar-refractivity contribution in [2.24, 2.45) is 5.73 Å². The Balaban J connectivity index is 1.45. The number of nitrogens with one attached hydrogen (secondary N) is 1. The first-order valence-corrected chi connectivity index (χ1v) is 10.8. The predicted octanol–water partition coefficient (Wildman–Crippen LogP) is 2.34. The summed E-state index contributed by atoms with van der Waals surface area (Å²) in [6.07, 6.45) is 6.33. The molecule has 0 bridgehead atoms. The summed E-state index contributed by atoms with van der Waals surface area (Å²) in [6, 6.07) is 13.5. The SMILES string of the molecule is COc1ncc(-c2cc(CN)c3c(N)ncnn23)cc1C(=O)Nc1cnn(Cc2ccccc2)c1. The molecule has 1 amide bonds. The van der Waals surface area contributed by atoms with Gasteiger partial charge < -0.3 is 21.5 Å². The average Bonchev–Trinajstić information content (AvgIpc) is 3.49. The molecule has 5 aromatic rings. The molecule has 11 nitrogen and oxygen atoms in total. The van der Waals surface area contributed by atoms with Crippen LogP contribution in [0.15, 0.2) is 67.4 Å². The van der Waals surface area contributed by atoms with Crippen LogP contribution in [0.4, 0.5) is 11.5 Å². The number of nitrogens with two attached hydrogens (primary N) is 2. The molecule has 0 atom stereocenters. The largest absolute Gasteiger partial charge is 0.480 e. The van der Waals surface area contributed by atoms with Gasteiger partial charge in [-0.2, -0.15) is 10.2 Å². The van der Waals surface area contributed by atoms with E-state index in [0.717, 1.165) is 11.1 Å². The van der Waals surface area contributed by atoms with E-state index >= 15 is 0 Å². The molecular formula is C24H23N9O2. The Morgan fingerprint density at radius 1 is 1.11 bits per heavy atom. The third kappa shape index (κ3) is 4.27. The van der Waals surface area contributed by atoms with Crippen LogP contribution in [0, 0.1) is 0 Å². The number of carbonyl (C=O) groups excluding carboxylic acids is 1. The minimum Gasteiger partial charge on any atom is -0.480 e. The molecule has 4 aromatic heterocycles. The third-order valence-electron chi connectivity index (χ3n) is 5.54. The van der Waals surface area contributed by atoms with Crippen molar-refractivity contribution < 1.29 is 9.53 Å².